The first-order chi connectivity index (χ1) is 6.79. The summed E-state index contributed by atoms with van der Waals surface area (Å²) in [7, 11) is 0. The van der Waals surface area contributed by atoms with Crippen LogP contribution in [0.25, 0.3) is 0 Å². The summed E-state index contributed by atoms with van der Waals surface area (Å²) in [4.78, 5) is 0. The highest BCUT2D eigenvalue weighted by atomic mass is 16.3. The summed E-state index contributed by atoms with van der Waals surface area (Å²) < 4.78 is 0. The second-order valence-corrected chi connectivity index (χ2v) is 4.31. The standard InChI is InChI=1S/C13H18O/c1-10-6-2-3-7-11(10)12-8-4-5-9-13(12)14/h2-3,6-7,12-14H,4-5,8-9H2,1H3/t12-,13+/m1/s1. The van der Waals surface area contributed by atoms with E-state index in [2.05, 4.69) is 31.2 Å². The molecule has 1 aliphatic carbocycles. The van der Waals surface area contributed by atoms with Gasteiger partial charge in [-0.25, -0.2) is 0 Å². The number of hydrogen-bond acceptors (Lipinski definition) is 1. The number of aryl methyl sites for hydroxylation is 1. The third-order valence-electron chi connectivity index (χ3n) is 3.32. The quantitative estimate of drug-likeness (QED) is 0.721. The highest BCUT2D eigenvalue weighted by Gasteiger charge is 2.25. The lowest BCUT2D eigenvalue weighted by Gasteiger charge is -2.29. The second-order valence-electron chi connectivity index (χ2n) is 4.31. The van der Waals surface area contributed by atoms with Gasteiger partial charge in [0.2, 0.25) is 0 Å². The average molecular weight is 190 g/mol. The Labute approximate surface area is 85.8 Å². The molecule has 1 heteroatoms. The lowest BCUT2D eigenvalue weighted by atomic mass is 9.80. The summed E-state index contributed by atoms with van der Waals surface area (Å²) in [6.07, 6.45) is 4.44. The van der Waals surface area contributed by atoms with Crippen molar-refractivity contribution in [3.63, 3.8) is 0 Å². The van der Waals surface area contributed by atoms with Gasteiger partial charge < -0.3 is 5.11 Å². The molecule has 1 fully saturated rings. The van der Waals surface area contributed by atoms with Crippen LogP contribution >= 0.6 is 0 Å². The van der Waals surface area contributed by atoms with Crippen molar-refractivity contribution >= 4 is 0 Å². The van der Waals surface area contributed by atoms with Crippen LogP contribution in [-0.4, -0.2) is 11.2 Å². The first kappa shape index (κ1) is 9.72. The third-order valence-corrected chi connectivity index (χ3v) is 3.32. The second kappa shape index (κ2) is 4.14. The zero-order chi connectivity index (χ0) is 9.97. The van der Waals surface area contributed by atoms with Crippen LogP contribution in [0, 0.1) is 6.92 Å². The van der Waals surface area contributed by atoms with Crippen molar-refractivity contribution in [3.05, 3.63) is 35.4 Å². The number of hydrogen-bond donors (Lipinski definition) is 1. The van der Waals surface area contributed by atoms with E-state index in [1.54, 1.807) is 0 Å². The molecule has 0 aromatic heterocycles. The lowest BCUT2D eigenvalue weighted by molar-refractivity contribution is 0.106. The molecule has 1 nitrogen and oxygen atoms in total. The van der Waals surface area contributed by atoms with Crippen LogP contribution in [0.2, 0.25) is 0 Å². The number of aliphatic hydroxyl groups is 1. The molecule has 0 unspecified atom stereocenters. The van der Waals surface area contributed by atoms with Crippen LogP contribution < -0.4 is 0 Å². The smallest absolute Gasteiger partial charge is 0.0608 e. The molecule has 0 saturated heterocycles. The minimum atomic E-state index is -0.121. The molecule has 0 spiro atoms. The maximum atomic E-state index is 9.95. The van der Waals surface area contributed by atoms with Gasteiger partial charge in [-0.2, -0.15) is 0 Å². The molecule has 76 valence electrons. The maximum absolute atomic E-state index is 9.95. The molecule has 0 aliphatic heterocycles. The fourth-order valence-electron chi connectivity index (χ4n) is 2.48. The third kappa shape index (κ3) is 1.83. The maximum Gasteiger partial charge on any atom is 0.0608 e. The molecule has 14 heavy (non-hydrogen) atoms. The SMILES string of the molecule is Cc1ccccc1[C@H]1CCCC[C@@H]1O. The van der Waals surface area contributed by atoms with Crippen LogP contribution in [0.1, 0.15) is 42.7 Å². The van der Waals surface area contributed by atoms with E-state index in [4.69, 9.17) is 0 Å². The minimum absolute atomic E-state index is 0.121. The largest absolute Gasteiger partial charge is 0.392 e. The minimum Gasteiger partial charge on any atom is -0.392 e. The summed E-state index contributed by atoms with van der Waals surface area (Å²) in [5.41, 5.74) is 2.66. The predicted molar refractivity (Wildman–Crippen MR) is 58.4 cm³/mol. The van der Waals surface area contributed by atoms with Gasteiger partial charge in [0.1, 0.15) is 0 Å². The average Bonchev–Trinajstić information content (AvgIpc) is 2.20. The number of rotatable bonds is 1. The monoisotopic (exact) mass is 190 g/mol. The van der Waals surface area contributed by atoms with Crippen LogP contribution in [-0.2, 0) is 0 Å². The molecule has 1 saturated carbocycles. The van der Waals surface area contributed by atoms with E-state index in [1.165, 1.54) is 24.0 Å². The van der Waals surface area contributed by atoms with Crippen molar-refractivity contribution in [1.29, 1.82) is 0 Å². The molecule has 1 aromatic carbocycles. The fourth-order valence-corrected chi connectivity index (χ4v) is 2.48. The Bertz CT molecular complexity index is 306. The van der Waals surface area contributed by atoms with Crippen LogP contribution in [0.4, 0.5) is 0 Å². The Kier molecular flexibility index (Phi) is 2.87. The summed E-state index contributed by atoms with van der Waals surface area (Å²) in [5.74, 6) is 0.380. The molecule has 1 N–H and O–H groups in total. The van der Waals surface area contributed by atoms with Gasteiger partial charge in [-0.3, -0.25) is 0 Å². The first-order valence-electron chi connectivity index (χ1n) is 5.52. The Morgan fingerprint density at radius 3 is 2.57 bits per heavy atom. The van der Waals surface area contributed by atoms with E-state index in [1.807, 2.05) is 0 Å². The number of benzene rings is 1. The van der Waals surface area contributed by atoms with Gasteiger partial charge in [0.05, 0.1) is 6.10 Å². The van der Waals surface area contributed by atoms with Crippen molar-refractivity contribution in [2.45, 2.75) is 44.6 Å². The van der Waals surface area contributed by atoms with Crippen LogP contribution in [0.5, 0.6) is 0 Å². The zero-order valence-corrected chi connectivity index (χ0v) is 8.74. The van der Waals surface area contributed by atoms with Gasteiger partial charge >= 0.3 is 0 Å². The molecule has 0 amide bonds. The van der Waals surface area contributed by atoms with E-state index < -0.39 is 0 Å². The van der Waals surface area contributed by atoms with Crippen molar-refractivity contribution in [2.24, 2.45) is 0 Å². The molecule has 0 heterocycles. The van der Waals surface area contributed by atoms with Gasteiger partial charge in [-0.1, -0.05) is 37.1 Å². The van der Waals surface area contributed by atoms with E-state index >= 15 is 0 Å². The first-order valence-corrected chi connectivity index (χ1v) is 5.52. The zero-order valence-electron chi connectivity index (χ0n) is 8.74. The van der Waals surface area contributed by atoms with Gasteiger partial charge in [-0.05, 0) is 30.9 Å². The van der Waals surface area contributed by atoms with Crippen molar-refractivity contribution < 1.29 is 5.11 Å². The van der Waals surface area contributed by atoms with Gasteiger partial charge in [-0.15, -0.1) is 0 Å². The summed E-state index contributed by atoms with van der Waals surface area (Å²) >= 11 is 0. The molecule has 2 atom stereocenters. The summed E-state index contributed by atoms with van der Waals surface area (Å²) in [6.45, 7) is 2.14. The normalized spacial score (nSPS) is 27.6. The van der Waals surface area contributed by atoms with Crippen LogP contribution in [0.15, 0.2) is 24.3 Å². The topological polar surface area (TPSA) is 20.2 Å². The Morgan fingerprint density at radius 1 is 1.14 bits per heavy atom. The van der Waals surface area contributed by atoms with Gasteiger partial charge in [0, 0.05) is 5.92 Å². The Morgan fingerprint density at radius 2 is 1.86 bits per heavy atom. The van der Waals surface area contributed by atoms with Gasteiger partial charge in [0.15, 0.2) is 0 Å². The molecular weight excluding hydrogens is 172 g/mol. The molecule has 2 rings (SSSR count). The molecule has 1 aromatic rings. The molecule has 1 aliphatic rings. The lowest BCUT2D eigenvalue weighted by Crippen LogP contribution is -2.23. The van der Waals surface area contributed by atoms with E-state index in [9.17, 15) is 5.11 Å². The van der Waals surface area contributed by atoms with E-state index in [0.717, 1.165) is 12.8 Å². The Hall–Kier alpha value is -0.820. The summed E-state index contributed by atoms with van der Waals surface area (Å²) in [5, 5.41) is 9.95. The van der Waals surface area contributed by atoms with Crippen molar-refractivity contribution in [2.75, 3.05) is 0 Å². The highest BCUT2D eigenvalue weighted by Crippen LogP contribution is 2.34. The fraction of sp³-hybridized carbons (Fsp3) is 0.538. The van der Waals surface area contributed by atoms with Crippen LogP contribution in [0.3, 0.4) is 0 Å². The molecule has 0 bridgehead atoms. The van der Waals surface area contributed by atoms with Crippen molar-refractivity contribution in [1.82, 2.24) is 0 Å². The molecule has 0 radical (unpaired) electrons. The summed E-state index contributed by atoms with van der Waals surface area (Å²) in [6, 6.07) is 8.43. The number of aliphatic hydroxyl groups excluding tert-OH is 1. The highest BCUT2D eigenvalue weighted by molar-refractivity contribution is 5.30. The predicted octanol–water partition coefficient (Wildman–Crippen LogP) is 3.01. The molecular formula is C13H18O. The van der Waals surface area contributed by atoms with Crippen molar-refractivity contribution in [3.8, 4) is 0 Å². The van der Waals surface area contributed by atoms with E-state index in [-0.39, 0.29) is 6.10 Å². The van der Waals surface area contributed by atoms with Gasteiger partial charge in [0.25, 0.3) is 0 Å². The Balaban J connectivity index is 2.25. The van der Waals surface area contributed by atoms with E-state index in [0.29, 0.717) is 5.92 Å².